The molecule has 1 aromatic heterocycles. The zero-order valence-corrected chi connectivity index (χ0v) is 17.2. The second-order valence-electron chi connectivity index (χ2n) is 5.97. The third-order valence-electron chi connectivity index (χ3n) is 3.80. The fourth-order valence-electron chi connectivity index (χ4n) is 2.48. The first-order valence-electron chi connectivity index (χ1n) is 8.39. The summed E-state index contributed by atoms with van der Waals surface area (Å²) in [7, 11) is 0. The first-order valence-corrected chi connectivity index (χ1v) is 9.47. The number of benzene rings is 2. The van der Waals surface area contributed by atoms with E-state index in [9.17, 15) is 10.1 Å². The molecule has 0 aliphatic carbocycles. The van der Waals surface area contributed by atoms with Gasteiger partial charge in [0, 0.05) is 12.3 Å². The van der Waals surface area contributed by atoms with Crippen molar-refractivity contribution in [3.8, 4) is 5.75 Å². The maximum atomic E-state index is 11.0. The Labute approximate surface area is 175 Å². The van der Waals surface area contributed by atoms with E-state index >= 15 is 0 Å². The van der Waals surface area contributed by atoms with Gasteiger partial charge in [0.05, 0.1) is 14.7 Å². The number of hydrogen-bond acceptors (Lipinski definition) is 6. The molecule has 0 fully saturated rings. The normalized spacial score (nSPS) is 10.8. The number of halogens is 1. The number of ether oxygens (including phenoxy) is 1. The molecular weight excluding hydrogens is 471 g/mol. The van der Waals surface area contributed by atoms with Gasteiger partial charge in [-0.1, -0.05) is 29.8 Å². The summed E-state index contributed by atoms with van der Waals surface area (Å²) in [6.45, 7) is 2.55. The van der Waals surface area contributed by atoms with Crippen molar-refractivity contribution in [1.29, 1.82) is 0 Å². The van der Waals surface area contributed by atoms with E-state index in [-0.39, 0.29) is 11.5 Å². The zero-order valence-electron chi connectivity index (χ0n) is 15.0. The Morgan fingerprint density at radius 1 is 1.25 bits per heavy atom. The summed E-state index contributed by atoms with van der Waals surface area (Å²) in [4.78, 5) is 14.4. The Morgan fingerprint density at radius 3 is 2.86 bits per heavy atom. The highest BCUT2D eigenvalue weighted by atomic mass is 127. The number of pyridine rings is 1. The minimum atomic E-state index is -0.506. The minimum absolute atomic E-state index is 0.0940. The molecule has 0 amide bonds. The zero-order chi connectivity index (χ0) is 19.9. The number of hydrogen-bond donors (Lipinski definition) is 1. The van der Waals surface area contributed by atoms with Crippen molar-refractivity contribution in [3.05, 3.63) is 91.2 Å². The lowest BCUT2D eigenvalue weighted by atomic mass is 10.1. The van der Waals surface area contributed by atoms with Crippen LogP contribution in [0.3, 0.4) is 0 Å². The Kier molecular flexibility index (Phi) is 6.53. The average molecular weight is 488 g/mol. The molecule has 1 N–H and O–H groups in total. The van der Waals surface area contributed by atoms with Gasteiger partial charge in [-0.05, 0) is 64.9 Å². The molecule has 0 bridgehead atoms. The van der Waals surface area contributed by atoms with Gasteiger partial charge >= 0.3 is 5.69 Å². The topological polar surface area (TPSA) is 89.7 Å². The van der Waals surface area contributed by atoms with Crippen molar-refractivity contribution in [1.82, 2.24) is 4.98 Å². The lowest BCUT2D eigenvalue weighted by Crippen LogP contribution is -2.00. The van der Waals surface area contributed by atoms with Gasteiger partial charge in [0.25, 0.3) is 0 Å². The molecule has 0 saturated carbocycles. The molecule has 0 radical (unpaired) electrons. The van der Waals surface area contributed by atoms with Crippen LogP contribution in [0.15, 0.2) is 65.9 Å². The van der Waals surface area contributed by atoms with Gasteiger partial charge in [-0.15, -0.1) is 0 Å². The van der Waals surface area contributed by atoms with E-state index in [2.05, 4.69) is 57.2 Å². The standard InChI is InChI=1S/C20H17IN4O3/c1-14-4-2-5-16(10-14)13-28-19-8-7-15(11-17(19)21)12-23-24-20-18(25(26)27)6-3-9-22-20/h2-12H,13H2,1H3,(H,22,24)/b23-12-. The van der Waals surface area contributed by atoms with Crippen LogP contribution < -0.4 is 10.2 Å². The van der Waals surface area contributed by atoms with Gasteiger partial charge in [-0.3, -0.25) is 15.5 Å². The third kappa shape index (κ3) is 5.26. The van der Waals surface area contributed by atoms with Crippen LogP contribution in [-0.4, -0.2) is 16.1 Å². The minimum Gasteiger partial charge on any atom is -0.488 e. The van der Waals surface area contributed by atoms with Crippen LogP contribution in [0.25, 0.3) is 0 Å². The highest BCUT2D eigenvalue weighted by molar-refractivity contribution is 14.1. The van der Waals surface area contributed by atoms with E-state index in [0.29, 0.717) is 6.61 Å². The summed E-state index contributed by atoms with van der Waals surface area (Å²) in [5, 5.41) is 15.0. The Hall–Kier alpha value is -3.01. The second kappa shape index (κ2) is 9.27. The summed E-state index contributed by atoms with van der Waals surface area (Å²) >= 11 is 2.20. The van der Waals surface area contributed by atoms with Crippen molar-refractivity contribution < 1.29 is 9.66 Å². The number of nitrogens with one attached hydrogen (secondary N) is 1. The first kappa shape index (κ1) is 19.7. The Morgan fingerprint density at radius 2 is 2.11 bits per heavy atom. The molecule has 0 saturated heterocycles. The third-order valence-corrected chi connectivity index (χ3v) is 4.64. The lowest BCUT2D eigenvalue weighted by molar-refractivity contribution is -0.384. The first-order chi connectivity index (χ1) is 13.5. The maximum Gasteiger partial charge on any atom is 0.313 e. The largest absolute Gasteiger partial charge is 0.488 e. The Balaban J connectivity index is 1.64. The van der Waals surface area contributed by atoms with Crippen molar-refractivity contribution >= 4 is 40.3 Å². The van der Waals surface area contributed by atoms with Gasteiger partial charge in [-0.25, -0.2) is 4.98 Å². The summed E-state index contributed by atoms with van der Waals surface area (Å²) in [5.74, 6) is 0.879. The lowest BCUT2D eigenvalue weighted by Gasteiger charge is -2.09. The van der Waals surface area contributed by atoms with E-state index in [1.54, 1.807) is 6.21 Å². The highest BCUT2D eigenvalue weighted by Crippen LogP contribution is 2.23. The molecule has 0 atom stereocenters. The maximum absolute atomic E-state index is 11.0. The van der Waals surface area contributed by atoms with Crippen molar-refractivity contribution in [2.24, 2.45) is 5.10 Å². The number of aryl methyl sites for hydroxylation is 1. The van der Waals surface area contributed by atoms with Crippen molar-refractivity contribution in [3.63, 3.8) is 0 Å². The summed E-state index contributed by atoms with van der Waals surface area (Å²) in [6, 6.07) is 16.7. The molecular formula is C20H17IN4O3. The SMILES string of the molecule is Cc1cccc(COc2ccc(/C=N\Nc3ncccc3[N+](=O)[O-])cc2I)c1. The predicted octanol–water partition coefficient (Wildman–Crippen LogP) is 4.93. The highest BCUT2D eigenvalue weighted by Gasteiger charge is 2.12. The van der Waals surface area contributed by atoms with Crippen LogP contribution in [-0.2, 0) is 6.61 Å². The molecule has 8 heteroatoms. The smallest absolute Gasteiger partial charge is 0.313 e. The monoisotopic (exact) mass is 488 g/mol. The molecule has 0 unspecified atom stereocenters. The molecule has 7 nitrogen and oxygen atoms in total. The number of nitro groups is 1. The molecule has 0 spiro atoms. The van der Waals surface area contributed by atoms with E-state index in [1.165, 1.54) is 23.9 Å². The fourth-order valence-corrected chi connectivity index (χ4v) is 3.17. The van der Waals surface area contributed by atoms with Crippen LogP contribution in [0.4, 0.5) is 11.5 Å². The van der Waals surface area contributed by atoms with Gasteiger partial charge < -0.3 is 4.74 Å². The van der Waals surface area contributed by atoms with Crippen LogP contribution in [0, 0.1) is 20.6 Å². The molecule has 142 valence electrons. The van der Waals surface area contributed by atoms with Gasteiger partial charge in [-0.2, -0.15) is 5.10 Å². The van der Waals surface area contributed by atoms with Crippen LogP contribution in [0.2, 0.25) is 0 Å². The van der Waals surface area contributed by atoms with Gasteiger partial charge in [0.15, 0.2) is 0 Å². The van der Waals surface area contributed by atoms with Gasteiger partial charge in [0.1, 0.15) is 12.4 Å². The molecule has 2 aromatic carbocycles. The summed E-state index contributed by atoms with van der Waals surface area (Å²) in [5.41, 5.74) is 5.62. The van der Waals surface area contributed by atoms with Crippen LogP contribution in [0.1, 0.15) is 16.7 Å². The number of hydrazone groups is 1. The molecule has 3 rings (SSSR count). The molecule has 0 aliphatic rings. The summed E-state index contributed by atoms with van der Waals surface area (Å²) in [6.07, 6.45) is 3.04. The molecule has 28 heavy (non-hydrogen) atoms. The number of aromatic nitrogens is 1. The average Bonchev–Trinajstić information content (AvgIpc) is 2.67. The predicted molar refractivity (Wildman–Crippen MR) is 117 cm³/mol. The quantitative estimate of drug-likeness (QED) is 0.221. The van der Waals surface area contributed by atoms with Crippen LogP contribution >= 0.6 is 22.6 Å². The molecule has 1 heterocycles. The number of rotatable bonds is 7. The van der Waals surface area contributed by atoms with E-state index in [1.807, 2.05) is 30.3 Å². The second-order valence-corrected chi connectivity index (χ2v) is 7.13. The van der Waals surface area contributed by atoms with Crippen molar-refractivity contribution in [2.45, 2.75) is 13.5 Å². The number of nitrogens with zero attached hydrogens (tertiary/aromatic N) is 3. The van der Waals surface area contributed by atoms with Crippen LogP contribution in [0.5, 0.6) is 5.75 Å². The van der Waals surface area contributed by atoms with Gasteiger partial charge in [0.2, 0.25) is 5.82 Å². The van der Waals surface area contributed by atoms with E-state index < -0.39 is 4.92 Å². The number of anilines is 1. The van der Waals surface area contributed by atoms with E-state index in [0.717, 1.165) is 20.4 Å². The molecule has 0 aliphatic heterocycles. The molecule has 3 aromatic rings. The van der Waals surface area contributed by atoms with Crippen molar-refractivity contribution in [2.75, 3.05) is 5.43 Å². The fraction of sp³-hybridized carbons (Fsp3) is 0.100. The van der Waals surface area contributed by atoms with E-state index in [4.69, 9.17) is 4.74 Å². The summed E-state index contributed by atoms with van der Waals surface area (Å²) < 4.78 is 6.84. The Bertz CT molecular complexity index is 1020.